The van der Waals surface area contributed by atoms with E-state index in [2.05, 4.69) is 30.9 Å². The number of aromatic amines is 1. The molecule has 2 saturated carbocycles. The van der Waals surface area contributed by atoms with Gasteiger partial charge in [-0.25, -0.2) is 22.7 Å². The molecule has 3 aromatic heterocycles. The first-order chi connectivity index (χ1) is 16.2. The van der Waals surface area contributed by atoms with Crippen LogP contribution in [0, 0.1) is 0 Å². The molecule has 12 heteroatoms. The van der Waals surface area contributed by atoms with Crippen LogP contribution in [0.5, 0.6) is 0 Å². The van der Waals surface area contributed by atoms with E-state index in [1.807, 2.05) is 13.0 Å². The van der Waals surface area contributed by atoms with Gasteiger partial charge < -0.3 is 15.4 Å². The topological polar surface area (TPSA) is 143 Å². The van der Waals surface area contributed by atoms with Crippen molar-refractivity contribution in [2.24, 2.45) is 0 Å². The average molecular weight is 488 g/mol. The molecule has 2 unspecified atom stereocenters. The van der Waals surface area contributed by atoms with Crippen molar-refractivity contribution >= 4 is 33.1 Å². The summed E-state index contributed by atoms with van der Waals surface area (Å²) in [7, 11) is -3.19. The maximum Gasteiger partial charge on any atom is 0.407 e. The van der Waals surface area contributed by atoms with E-state index in [0.29, 0.717) is 22.8 Å². The zero-order chi connectivity index (χ0) is 23.9. The highest BCUT2D eigenvalue weighted by molar-refractivity contribution is 7.90. The summed E-state index contributed by atoms with van der Waals surface area (Å²) in [5.41, 5.74) is 2.02. The third-order valence-corrected chi connectivity index (χ3v) is 8.21. The minimum atomic E-state index is -3.19. The van der Waals surface area contributed by atoms with Gasteiger partial charge in [-0.1, -0.05) is 6.92 Å². The predicted molar refractivity (Wildman–Crippen MR) is 126 cm³/mol. The molecular formula is C22H29N7O4S. The van der Waals surface area contributed by atoms with Crippen LogP contribution >= 0.6 is 0 Å². The molecule has 0 spiro atoms. The van der Waals surface area contributed by atoms with Gasteiger partial charge in [0.25, 0.3) is 0 Å². The van der Waals surface area contributed by atoms with E-state index in [-0.39, 0.29) is 35.2 Å². The Morgan fingerprint density at radius 2 is 2.15 bits per heavy atom. The second-order valence-corrected chi connectivity index (χ2v) is 11.8. The molecule has 2 aliphatic carbocycles. The van der Waals surface area contributed by atoms with Gasteiger partial charge in [-0.2, -0.15) is 10.2 Å². The summed E-state index contributed by atoms with van der Waals surface area (Å²) in [6.07, 6.45) is 7.31. The summed E-state index contributed by atoms with van der Waals surface area (Å²) in [5.74, 6) is 1.31. The summed E-state index contributed by atoms with van der Waals surface area (Å²) >= 11 is 0. The lowest BCUT2D eigenvalue weighted by Crippen LogP contribution is -2.36. The lowest BCUT2D eigenvalue weighted by Gasteiger charge is -2.16. The van der Waals surface area contributed by atoms with Gasteiger partial charge in [0.2, 0.25) is 0 Å². The van der Waals surface area contributed by atoms with Crippen LogP contribution in [0.2, 0.25) is 0 Å². The molecule has 1 amide bonds. The molecule has 3 heterocycles. The summed E-state index contributed by atoms with van der Waals surface area (Å²) in [6, 6.07) is 3.66. The molecule has 0 aromatic carbocycles. The maximum absolute atomic E-state index is 12.1. The van der Waals surface area contributed by atoms with E-state index < -0.39 is 9.84 Å². The van der Waals surface area contributed by atoms with E-state index >= 15 is 0 Å². The number of alkyl carbamates (subject to hydrolysis) is 1. The predicted octanol–water partition coefficient (Wildman–Crippen LogP) is 3.05. The summed E-state index contributed by atoms with van der Waals surface area (Å²) in [4.78, 5) is 16.5. The largest absolute Gasteiger partial charge is 0.446 e. The van der Waals surface area contributed by atoms with Crippen molar-refractivity contribution in [2.75, 3.05) is 11.1 Å². The number of carbonyl (C=O) groups is 1. The Morgan fingerprint density at radius 3 is 2.91 bits per heavy atom. The number of nitrogens with zero attached hydrogens (tertiary/aromatic N) is 4. The van der Waals surface area contributed by atoms with Gasteiger partial charge in [-0.15, -0.1) is 0 Å². The van der Waals surface area contributed by atoms with Crippen molar-refractivity contribution in [1.29, 1.82) is 0 Å². The van der Waals surface area contributed by atoms with Crippen molar-refractivity contribution in [3.8, 4) is 0 Å². The third-order valence-electron chi connectivity index (χ3n) is 6.59. The molecule has 182 valence electrons. The Kier molecular flexibility index (Phi) is 5.70. The van der Waals surface area contributed by atoms with E-state index in [1.165, 1.54) is 0 Å². The van der Waals surface area contributed by atoms with Crippen LogP contribution in [0.25, 0.3) is 5.52 Å². The molecule has 34 heavy (non-hydrogen) atoms. The Hall–Kier alpha value is -3.15. The summed E-state index contributed by atoms with van der Waals surface area (Å²) in [5, 5.41) is 17.9. The number of amides is 1. The molecule has 0 saturated heterocycles. The van der Waals surface area contributed by atoms with Crippen LogP contribution in [0.4, 0.5) is 16.4 Å². The Labute approximate surface area is 197 Å². The van der Waals surface area contributed by atoms with Crippen molar-refractivity contribution < 1.29 is 17.9 Å². The number of aromatic nitrogens is 5. The highest BCUT2D eigenvalue weighted by Crippen LogP contribution is 2.37. The van der Waals surface area contributed by atoms with E-state index in [4.69, 9.17) is 4.74 Å². The molecule has 2 fully saturated rings. The lowest BCUT2D eigenvalue weighted by atomic mass is 10.0. The van der Waals surface area contributed by atoms with Gasteiger partial charge in [0.1, 0.15) is 11.6 Å². The zero-order valence-electron chi connectivity index (χ0n) is 19.2. The number of fused-ring (bicyclic) bond motifs is 1. The molecule has 3 aromatic rings. The number of hydrogen-bond acceptors (Lipinski definition) is 8. The van der Waals surface area contributed by atoms with Crippen molar-refractivity contribution in [1.82, 2.24) is 30.1 Å². The van der Waals surface area contributed by atoms with Gasteiger partial charge in [-0.3, -0.25) is 5.10 Å². The monoisotopic (exact) mass is 487 g/mol. The minimum Gasteiger partial charge on any atom is -0.446 e. The number of anilines is 2. The van der Waals surface area contributed by atoms with E-state index in [0.717, 1.165) is 37.8 Å². The molecule has 5 rings (SSSR count). The third kappa shape index (κ3) is 5.01. The highest BCUT2D eigenvalue weighted by atomic mass is 32.2. The fraction of sp³-hybridized carbons (Fsp3) is 0.545. The van der Waals surface area contributed by atoms with Crippen molar-refractivity contribution in [2.45, 2.75) is 69.3 Å². The van der Waals surface area contributed by atoms with Gasteiger partial charge in [-0.05, 0) is 45.1 Å². The molecular weight excluding hydrogens is 458 g/mol. The zero-order valence-corrected chi connectivity index (χ0v) is 20.1. The van der Waals surface area contributed by atoms with E-state index in [9.17, 15) is 13.2 Å². The van der Waals surface area contributed by atoms with E-state index in [1.54, 1.807) is 29.9 Å². The van der Waals surface area contributed by atoms with Gasteiger partial charge in [0.15, 0.2) is 21.5 Å². The second kappa shape index (κ2) is 8.57. The number of ether oxygens (including phenoxy) is 1. The summed E-state index contributed by atoms with van der Waals surface area (Å²) in [6.45, 7) is 3.65. The maximum atomic E-state index is 12.1. The molecule has 0 radical (unpaired) electrons. The number of rotatable bonds is 8. The number of carbonyl (C=O) groups excluding carboxylic acids is 1. The first-order valence-corrected chi connectivity index (χ1v) is 13.4. The van der Waals surface area contributed by atoms with Crippen LogP contribution in [-0.2, 0) is 20.3 Å². The van der Waals surface area contributed by atoms with Crippen LogP contribution in [0.15, 0.2) is 24.5 Å². The van der Waals surface area contributed by atoms with Gasteiger partial charge >= 0.3 is 6.09 Å². The highest BCUT2D eigenvalue weighted by Gasteiger charge is 2.40. The van der Waals surface area contributed by atoms with Gasteiger partial charge in [0.05, 0.1) is 11.4 Å². The second-order valence-electron chi connectivity index (χ2n) is 9.47. The fourth-order valence-electron chi connectivity index (χ4n) is 4.27. The van der Waals surface area contributed by atoms with Crippen LogP contribution in [-0.4, -0.2) is 56.7 Å². The molecule has 3 N–H and O–H groups in total. The molecule has 2 aliphatic rings. The first kappa shape index (κ1) is 22.6. The van der Waals surface area contributed by atoms with Crippen LogP contribution in [0.3, 0.4) is 0 Å². The number of nitrogens with one attached hydrogen (secondary N) is 3. The molecule has 0 bridgehead atoms. The van der Waals surface area contributed by atoms with Crippen molar-refractivity contribution in [3.05, 3.63) is 35.9 Å². The smallest absolute Gasteiger partial charge is 0.407 e. The number of H-pyrrole nitrogens is 1. The SMILES string of the molecule is CCS(=O)(=O)Cc1cc2c(Nc3cc(C4CCC(OC(=O)NC5(C)CC5)C4)[nH]n3)nccn2n1. The average Bonchev–Trinajstić information content (AvgIpc) is 3.20. The molecule has 11 nitrogen and oxygen atoms in total. The molecule has 0 aliphatic heterocycles. The Bertz CT molecular complexity index is 1310. The number of sulfone groups is 1. The normalized spacial score (nSPS) is 21.5. The lowest BCUT2D eigenvalue weighted by molar-refractivity contribution is 0.0967. The fourth-order valence-corrected chi connectivity index (χ4v) is 5.06. The first-order valence-electron chi connectivity index (χ1n) is 11.6. The van der Waals surface area contributed by atoms with Crippen LogP contribution < -0.4 is 10.6 Å². The Balaban J connectivity index is 1.23. The summed E-state index contributed by atoms with van der Waals surface area (Å²) < 4.78 is 31.2. The minimum absolute atomic E-state index is 0.0669. The van der Waals surface area contributed by atoms with Gasteiger partial charge in [0, 0.05) is 41.4 Å². The standard InChI is InChI=1S/C22H29N7O4S/c1-3-34(31,32)13-15-11-18-20(23-8-9-29(18)28-15)24-19-12-17(26-27-19)14-4-5-16(10-14)33-21(30)25-22(2)6-7-22/h8-9,11-12,14,16H,3-7,10,13H2,1-2H3,(H,25,30)(H2,23,24,26,27). The van der Waals surface area contributed by atoms with Crippen LogP contribution in [0.1, 0.15) is 63.3 Å². The Morgan fingerprint density at radius 1 is 1.32 bits per heavy atom. The number of hydrogen-bond donors (Lipinski definition) is 3. The quantitative estimate of drug-likeness (QED) is 0.440. The molecule has 2 atom stereocenters. The van der Waals surface area contributed by atoms with Crippen molar-refractivity contribution in [3.63, 3.8) is 0 Å².